The van der Waals surface area contributed by atoms with Gasteiger partial charge in [0.2, 0.25) is 0 Å². The number of hydrogen-bond acceptors (Lipinski definition) is 6. The molecule has 9 heteroatoms. The number of methoxy groups -OCH3 is 1. The topological polar surface area (TPSA) is 119 Å². The Balaban J connectivity index is 1.75. The van der Waals surface area contributed by atoms with Crippen molar-refractivity contribution in [2.45, 2.75) is 52.4 Å². The number of aromatic nitrogens is 4. The van der Waals surface area contributed by atoms with Crippen LogP contribution in [0.3, 0.4) is 0 Å². The Bertz CT molecular complexity index is 936. The zero-order valence-corrected chi connectivity index (χ0v) is 17.1. The molecule has 9 nitrogen and oxygen atoms in total. The van der Waals surface area contributed by atoms with E-state index >= 15 is 0 Å². The van der Waals surface area contributed by atoms with Gasteiger partial charge in [-0.15, -0.1) is 0 Å². The third-order valence-electron chi connectivity index (χ3n) is 5.42. The van der Waals surface area contributed by atoms with Crippen molar-refractivity contribution >= 4 is 11.9 Å². The lowest BCUT2D eigenvalue weighted by molar-refractivity contribution is -0.144. The predicted octanol–water partition coefficient (Wildman–Crippen LogP) is 1.82. The molecule has 0 bridgehead atoms. The summed E-state index contributed by atoms with van der Waals surface area (Å²) in [6, 6.07) is 3.03. The van der Waals surface area contributed by atoms with Gasteiger partial charge in [0.1, 0.15) is 5.69 Å². The van der Waals surface area contributed by atoms with Crippen LogP contribution in [0.1, 0.15) is 60.4 Å². The fourth-order valence-electron chi connectivity index (χ4n) is 3.93. The average molecular weight is 401 g/mol. The maximum Gasteiger partial charge on any atom is 0.306 e. The van der Waals surface area contributed by atoms with Crippen molar-refractivity contribution in [1.82, 2.24) is 25.1 Å². The number of H-pyrrole nitrogens is 1. The first kappa shape index (κ1) is 20.8. The zero-order valence-electron chi connectivity index (χ0n) is 17.1. The zero-order chi connectivity index (χ0) is 21.0. The van der Waals surface area contributed by atoms with Crippen molar-refractivity contribution in [2.75, 3.05) is 13.7 Å². The van der Waals surface area contributed by atoms with Crippen LogP contribution in [0, 0.1) is 19.3 Å². The van der Waals surface area contributed by atoms with E-state index in [4.69, 9.17) is 4.74 Å². The van der Waals surface area contributed by atoms with Crippen LogP contribution >= 0.6 is 0 Å². The first-order valence-corrected chi connectivity index (χ1v) is 9.82. The number of aryl methyl sites for hydroxylation is 2. The summed E-state index contributed by atoms with van der Waals surface area (Å²) in [4.78, 5) is 45.4. The number of rotatable bonds is 6. The second-order valence-corrected chi connectivity index (χ2v) is 7.79. The van der Waals surface area contributed by atoms with Gasteiger partial charge >= 0.3 is 5.97 Å². The third kappa shape index (κ3) is 4.90. The Hall–Kier alpha value is -2.97. The fourth-order valence-corrected chi connectivity index (χ4v) is 3.93. The molecule has 0 spiro atoms. The van der Waals surface area contributed by atoms with Crippen molar-refractivity contribution in [2.24, 2.45) is 5.41 Å². The Morgan fingerprint density at radius 1 is 1.17 bits per heavy atom. The summed E-state index contributed by atoms with van der Waals surface area (Å²) in [6.07, 6.45) is 5.15. The molecule has 0 atom stereocenters. The summed E-state index contributed by atoms with van der Waals surface area (Å²) in [5, 5.41) is 5.66. The first-order chi connectivity index (χ1) is 13.8. The number of hydrogen-bond donors (Lipinski definition) is 2. The van der Waals surface area contributed by atoms with Crippen LogP contribution in [0.25, 0.3) is 5.95 Å². The molecule has 2 aromatic heterocycles. The number of carbonyl (C=O) groups is 2. The second kappa shape index (κ2) is 8.59. The molecule has 2 N–H and O–H groups in total. The molecule has 2 aromatic rings. The summed E-state index contributed by atoms with van der Waals surface area (Å²) < 4.78 is 5.99. The molecule has 0 aromatic carbocycles. The third-order valence-corrected chi connectivity index (χ3v) is 5.42. The van der Waals surface area contributed by atoms with Crippen LogP contribution in [0.4, 0.5) is 0 Å². The SMILES string of the molecule is COC(=O)CC1(CNC(=O)c2cc(=O)n(-c3nc(C)cc(C)n3)[nH]2)CCCCC1. The summed E-state index contributed by atoms with van der Waals surface area (Å²) in [7, 11) is 1.37. The van der Waals surface area contributed by atoms with Crippen molar-refractivity contribution < 1.29 is 14.3 Å². The average Bonchev–Trinajstić information content (AvgIpc) is 3.08. The molecule has 0 saturated heterocycles. The minimum absolute atomic E-state index is 0.127. The van der Waals surface area contributed by atoms with Gasteiger partial charge < -0.3 is 10.1 Å². The molecular weight excluding hydrogens is 374 g/mol. The van der Waals surface area contributed by atoms with E-state index in [1.54, 1.807) is 6.07 Å². The molecule has 156 valence electrons. The molecule has 1 fully saturated rings. The number of amides is 1. The lowest BCUT2D eigenvalue weighted by atomic mass is 9.71. The quantitative estimate of drug-likeness (QED) is 0.713. The van der Waals surface area contributed by atoms with Gasteiger partial charge in [0.15, 0.2) is 0 Å². The number of nitrogens with zero attached hydrogens (tertiary/aromatic N) is 3. The molecule has 0 radical (unpaired) electrons. The van der Waals surface area contributed by atoms with Gasteiger partial charge in [0, 0.05) is 24.0 Å². The number of nitrogens with one attached hydrogen (secondary N) is 2. The highest BCUT2D eigenvalue weighted by Gasteiger charge is 2.35. The van der Waals surface area contributed by atoms with Crippen molar-refractivity contribution in [1.29, 1.82) is 0 Å². The molecule has 0 aliphatic heterocycles. The monoisotopic (exact) mass is 401 g/mol. The van der Waals surface area contributed by atoms with E-state index in [-0.39, 0.29) is 29.4 Å². The van der Waals surface area contributed by atoms with Gasteiger partial charge in [-0.05, 0) is 38.2 Å². The van der Waals surface area contributed by atoms with Crippen LogP contribution in [0.5, 0.6) is 0 Å². The highest BCUT2D eigenvalue weighted by atomic mass is 16.5. The van der Waals surface area contributed by atoms with Gasteiger partial charge in [-0.25, -0.2) is 9.97 Å². The summed E-state index contributed by atoms with van der Waals surface area (Å²) in [6.45, 7) is 3.98. The van der Waals surface area contributed by atoms with Crippen LogP contribution in [-0.2, 0) is 9.53 Å². The van der Waals surface area contributed by atoms with E-state index in [0.29, 0.717) is 6.54 Å². The Kier molecular flexibility index (Phi) is 6.14. The van der Waals surface area contributed by atoms with Crippen LogP contribution in [0.15, 0.2) is 16.9 Å². The van der Waals surface area contributed by atoms with E-state index in [0.717, 1.165) is 48.2 Å². The molecule has 3 rings (SSSR count). The van der Waals surface area contributed by atoms with Crippen LogP contribution < -0.4 is 10.9 Å². The first-order valence-electron chi connectivity index (χ1n) is 9.82. The Morgan fingerprint density at radius 2 is 1.83 bits per heavy atom. The van der Waals surface area contributed by atoms with E-state index in [2.05, 4.69) is 20.4 Å². The van der Waals surface area contributed by atoms with Crippen LogP contribution in [-0.4, -0.2) is 45.3 Å². The molecule has 1 aliphatic carbocycles. The fraction of sp³-hybridized carbons (Fsp3) is 0.550. The molecule has 1 saturated carbocycles. The predicted molar refractivity (Wildman–Crippen MR) is 106 cm³/mol. The van der Waals surface area contributed by atoms with E-state index in [1.165, 1.54) is 13.2 Å². The highest BCUT2D eigenvalue weighted by Crippen LogP contribution is 2.39. The van der Waals surface area contributed by atoms with Crippen molar-refractivity contribution in [3.63, 3.8) is 0 Å². The molecule has 0 unspecified atom stereocenters. The van der Waals surface area contributed by atoms with Gasteiger partial charge in [-0.3, -0.25) is 19.5 Å². The number of esters is 1. The second-order valence-electron chi connectivity index (χ2n) is 7.79. The molecule has 1 amide bonds. The van der Waals surface area contributed by atoms with Gasteiger partial charge in [-0.1, -0.05) is 19.3 Å². The van der Waals surface area contributed by atoms with Gasteiger partial charge in [-0.2, -0.15) is 4.68 Å². The Labute approximate surface area is 168 Å². The van der Waals surface area contributed by atoms with E-state index < -0.39 is 11.5 Å². The summed E-state index contributed by atoms with van der Waals surface area (Å²) in [5.41, 5.74) is 0.855. The Morgan fingerprint density at radius 3 is 2.45 bits per heavy atom. The van der Waals surface area contributed by atoms with E-state index in [9.17, 15) is 14.4 Å². The molecule has 1 aliphatic rings. The maximum absolute atomic E-state index is 12.7. The summed E-state index contributed by atoms with van der Waals surface area (Å²) >= 11 is 0. The maximum atomic E-state index is 12.7. The summed E-state index contributed by atoms with van der Waals surface area (Å²) in [5.74, 6) is -0.478. The van der Waals surface area contributed by atoms with Crippen molar-refractivity contribution in [3.8, 4) is 5.95 Å². The molecule has 2 heterocycles. The van der Waals surface area contributed by atoms with Crippen molar-refractivity contribution in [3.05, 3.63) is 39.6 Å². The smallest absolute Gasteiger partial charge is 0.306 e. The van der Waals surface area contributed by atoms with E-state index in [1.807, 2.05) is 13.8 Å². The largest absolute Gasteiger partial charge is 0.469 e. The van der Waals surface area contributed by atoms with Gasteiger partial charge in [0.25, 0.3) is 17.4 Å². The lowest BCUT2D eigenvalue weighted by Gasteiger charge is -2.36. The van der Waals surface area contributed by atoms with Gasteiger partial charge in [0.05, 0.1) is 13.5 Å². The normalized spacial score (nSPS) is 15.7. The lowest BCUT2D eigenvalue weighted by Crippen LogP contribution is -2.40. The standard InChI is InChI=1S/C20H27N5O4/c1-13-9-14(2)23-19(22-13)25-16(26)10-15(24-25)18(28)21-12-20(11-17(27)29-3)7-5-4-6-8-20/h9-10,24H,4-8,11-12H2,1-3H3,(H,21,28). The number of aromatic amines is 1. The minimum Gasteiger partial charge on any atom is -0.469 e. The molecule has 29 heavy (non-hydrogen) atoms. The molecular formula is C20H27N5O4. The number of ether oxygens (including phenoxy) is 1. The minimum atomic E-state index is -0.415. The highest BCUT2D eigenvalue weighted by molar-refractivity contribution is 5.92. The number of carbonyl (C=O) groups excluding carboxylic acids is 2. The van der Waals surface area contributed by atoms with Crippen LogP contribution in [0.2, 0.25) is 0 Å².